The number of anilines is 1. The van der Waals surface area contributed by atoms with E-state index in [0.717, 1.165) is 17.3 Å². The summed E-state index contributed by atoms with van der Waals surface area (Å²) in [6, 6.07) is 10.5. The number of hydrogen-bond acceptors (Lipinski definition) is 3. The smallest absolute Gasteiger partial charge is 0.208 e. The molecule has 0 fully saturated rings. The van der Waals surface area contributed by atoms with Gasteiger partial charge in [0.2, 0.25) is 5.95 Å². The van der Waals surface area contributed by atoms with Crippen LogP contribution >= 0.6 is 0 Å². The van der Waals surface area contributed by atoms with Crippen LogP contribution in [0.1, 0.15) is 19.5 Å². The Balaban J connectivity index is 2.28. The van der Waals surface area contributed by atoms with Gasteiger partial charge in [-0.1, -0.05) is 32.0 Å². The average Bonchev–Trinajstić information content (AvgIpc) is 2.80. The molecule has 0 saturated heterocycles. The van der Waals surface area contributed by atoms with E-state index < -0.39 is 0 Å². The quantitative estimate of drug-likeness (QED) is 0.878. The van der Waals surface area contributed by atoms with Gasteiger partial charge in [-0.2, -0.15) is 0 Å². The maximum Gasteiger partial charge on any atom is 0.208 e. The molecular weight excluding hydrogens is 250 g/mol. The molecule has 2 rings (SSSR count). The Morgan fingerprint density at radius 2 is 1.95 bits per heavy atom. The van der Waals surface area contributed by atoms with E-state index in [-0.39, 0.29) is 6.04 Å². The average molecular weight is 273 g/mol. The first-order valence-corrected chi connectivity index (χ1v) is 6.98. The molecule has 1 heterocycles. The zero-order valence-corrected chi connectivity index (χ0v) is 12.6. The van der Waals surface area contributed by atoms with Gasteiger partial charge in [0.1, 0.15) is 0 Å². The van der Waals surface area contributed by atoms with E-state index in [1.165, 1.54) is 0 Å². The number of benzene rings is 1. The minimum absolute atomic E-state index is 0.240. The molecule has 20 heavy (non-hydrogen) atoms. The maximum atomic E-state index is 5.29. The number of methoxy groups -OCH3 is 1. The van der Waals surface area contributed by atoms with Crippen LogP contribution in [-0.4, -0.2) is 29.3 Å². The van der Waals surface area contributed by atoms with Crippen molar-refractivity contribution in [3.8, 4) is 5.69 Å². The Morgan fingerprint density at radius 3 is 2.55 bits per heavy atom. The van der Waals surface area contributed by atoms with E-state index in [9.17, 15) is 0 Å². The second-order valence-corrected chi connectivity index (χ2v) is 5.36. The fourth-order valence-corrected chi connectivity index (χ4v) is 2.13. The van der Waals surface area contributed by atoms with Crippen molar-refractivity contribution in [2.45, 2.75) is 26.8 Å². The third kappa shape index (κ3) is 3.39. The van der Waals surface area contributed by atoms with Crippen LogP contribution < -0.4 is 5.32 Å². The van der Waals surface area contributed by atoms with E-state index in [4.69, 9.17) is 4.74 Å². The van der Waals surface area contributed by atoms with Crippen molar-refractivity contribution in [3.05, 3.63) is 42.2 Å². The van der Waals surface area contributed by atoms with Gasteiger partial charge >= 0.3 is 0 Å². The van der Waals surface area contributed by atoms with Crippen molar-refractivity contribution in [3.63, 3.8) is 0 Å². The van der Waals surface area contributed by atoms with Crippen molar-refractivity contribution in [2.75, 3.05) is 19.0 Å². The number of rotatable bonds is 6. The molecular formula is C16H23N3O. The van der Waals surface area contributed by atoms with E-state index >= 15 is 0 Å². The van der Waals surface area contributed by atoms with E-state index in [1.54, 1.807) is 7.11 Å². The molecule has 0 spiro atoms. The summed E-state index contributed by atoms with van der Waals surface area (Å²) >= 11 is 0. The fourth-order valence-electron chi connectivity index (χ4n) is 2.13. The van der Waals surface area contributed by atoms with Gasteiger partial charge in [-0.3, -0.25) is 4.57 Å². The fraction of sp³-hybridized carbons (Fsp3) is 0.438. The number of imidazole rings is 1. The lowest BCUT2D eigenvalue weighted by molar-refractivity contribution is 0.171. The van der Waals surface area contributed by atoms with Crippen LogP contribution in [0.15, 0.2) is 36.5 Å². The molecule has 0 radical (unpaired) electrons. The highest BCUT2D eigenvalue weighted by Crippen LogP contribution is 2.18. The summed E-state index contributed by atoms with van der Waals surface area (Å²) in [5.74, 6) is 1.33. The lowest BCUT2D eigenvalue weighted by Crippen LogP contribution is -2.31. The van der Waals surface area contributed by atoms with Crippen molar-refractivity contribution in [1.29, 1.82) is 0 Å². The minimum Gasteiger partial charge on any atom is -0.383 e. The molecule has 0 aliphatic heterocycles. The second-order valence-electron chi connectivity index (χ2n) is 5.36. The summed E-state index contributed by atoms with van der Waals surface area (Å²) in [5, 5.41) is 3.49. The monoisotopic (exact) mass is 273 g/mol. The number of nitrogens with zero attached hydrogens (tertiary/aromatic N) is 2. The van der Waals surface area contributed by atoms with E-state index in [1.807, 2.05) is 31.3 Å². The van der Waals surface area contributed by atoms with Crippen LogP contribution in [0.5, 0.6) is 0 Å². The Labute approximate surface area is 120 Å². The third-order valence-electron chi connectivity index (χ3n) is 3.33. The van der Waals surface area contributed by atoms with Gasteiger partial charge in [0, 0.05) is 19.0 Å². The Morgan fingerprint density at radius 1 is 1.25 bits per heavy atom. The van der Waals surface area contributed by atoms with Crippen LogP contribution in [0.4, 0.5) is 5.95 Å². The van der Waals surface area contributed by atoms with Gasteiger partial charge in [-0.25, -0.2) is 4.98 Å². The van der Waals surface area contributed by atoms with Gasteiger partial charge in [0.25, 0.3) is 0 Å². The highest BCUT2D eigenvalue weighted by Gasteiger charge is 2.16. The number of aromatic nitrogens is 2. The SMILES string of the molecule is COCC(Nc1nc(C)cn1-c1ccccc1)C(C)C. The number of nitrogens with one attached hydrogen (secondary N) is 1. The molecule has 1 aromatic carbocycles. The zero-order valence-electron chi connectivity index (χ0n) is 12.6. The van der Waals surface area contributed by atoms with Crippen LogP contribution in [-0.2, 0) is 4.74 Å². The molecule has 2 aromatic rings. The van der Waals surface area contributed by atoms with Gasteiger partial charge in [-0.05, 0) is 25.0 Å². The largest absolute Gasteiger partial charge is 0.383 e. The van der Waals surface area contributed by atoms with Crippen molar-refractivity contribution >= 4 is 5.95 Å². The lowest BCUT2D eigenvalue weighted by Gasteiger charge is -2.22. The molecule has 0 aliphatic carbocycles. The van der Waals surface area contributed by atoms with Crippen LogP contribution in [0.2, 0.25) is 0 Å². The summed E-state index contributed by atoms with van der Waals surface area (Å²) in [4.78, 5) is 4.59. The lowest BCUT2D eigenvalue weighted by atomic mass is 10.1. The molecule has 4 heteroatoms. The van der Waals surface area contributed by atoms with E-state index in [2.05, 4.69) is 40.8 Å². The van der Waals surface area contributed by atoms with E-state index in [0.29, 0.717) is 12.5 Å². The highest BCUT2D eigenvalue weighted by atomic mass is 16.5. The standard InChI is InChI=1S/C16H23N3O/c1-12(2)15(11-20-4)18-16-17-13(3)10-19(16)14-8-6-5-7-9-14/h5-10,12,15H,11H2,1-4H3,(H,17,18). The topological polar surface area (TPSA) is 39.1 Å². The van der Waals surface area contributed by atoms with Crippen LogP contribution in [0.25, 0.3) is 5.69 Å². The summed E-state index contributed by atoms with van der Waals surface area (Å²) in [7, 11) is 1.73. The molecule has 1 unspecified atom stereocenters. The van der Waals surface area contributed by atoms with Gasteiger partial charge in [0.15, 0.2) is 0 Å². The van der Waals surface area contributed by atoms with Crippen LogP contribution in [0.3, 0.4) is 0 Å². The number of aryl methyl sites for hydroxylation is 1. The van der Waals surface area contributed by atoms with Crippen molar-refractivity contribution in [1.82, 2.24) is 9.55 Å². The summed E-state index contributed by atoms with van der Waals surface area (Å²) in [6.07, 6.45) is 2.04. The second kappa shape index (κ2) is 6.57. The molecule has 1 N–H and O–H groups in total. The first kappa shape index (κ1) is 14.6. The van der Waals surface area contributed by atoms with Gasteiger partial charge < -0.3 is 10.1 Å². The molecule has 0 amide bonds. The highest BCUT2D eigenvalue weighted by molar-refractivity contribution is 5.43. The first-order chi connectivity index (χ1) is 9.61. The molecule has 0 bridgehead atoms. The Hall–Kier alpha value is -1.81. The normalized spacial score (nSPS) is 12.7. The van der Waals surface area contributed by atoms with Gasteiger partial charge in [-0.15, -0.1) is 0 Å². The number of hydrogen-bond donors (Lipinski definition) is 1. The van der Waals surface area contributed by atoms with Crippen LogP contribution in [0, 0.1) is 12.8 Å². The number of ether oxygens (including phenoxy) is 1. The molecule has 108 valence electrons. The first-order valence-electron chi connectivity index (χ1n) is 6.98. The summed E-state index contributed by atoms with van der Waals surface area (Å²) in [6.45, 7) is 7.03. The predicted molar refractivity (Wildman–Crippen MR) is 82.4 cm³/mol. The maximum absolute atomic E-state index is 5.29. The molecule has 4 nitrogen and oxygen atoms in total. The van der Waals surface area contributed by atoms with Gasteiger partial charge in [0.05, 0.1) is 18.3 Å². The summed E-state index contributed by atoms with van der Waals surface area (Å²) in [5.41, 5.74) is 2.10. The van der Waals surface area contributed by atoms with Crippen molar-refractivity contribution in [2.24, 2.45) is 5.92 Å². The molecule has 1 aromatic heterocycles. The summed E-state index contributed by atoms with van der Waals surface area (Å²) < 4.78 is 7.37. The minimum atomic E-state index is 0.240. The van der Waals surface area contributed by atoms with Crippen molar-refractivity contribution < 1.29 is 4.74 Å². The molecule has 1 atom stereocenters. The Bertz CT molecular complexity index is 534. The zero-order chi connectivity index (χ0) is 14.5. The third-order valence-corrected chi connectivity index (χ3v) is 3.33. The molecule has 0 saturated carbocycles. The Kier molecular flexibility index (Phi) is 4.79. The predicted octanol–water partition coefficient (Wildman–Crippen LogP) is 3.26. The number of para-hydroxylation sites is 1. The molecule has 0 aliphatic rings.